The molecule has 0 N–H and O–H groups in total. The fraction of sp³-hybridized carbons (Fsp3) is 0. The van der Waals surface area contributed by atoms with Crippen molar-refractivity contribution >= 4 is 49.5 Å². The summed E-state index contributed by atoms with van der Waals surface area (Å²) in [7, 11) is 0. The van der Waals surface area contributed by atoms with Gasteiger partial charge in [0.2, 0.25) is 0 Å². The van der Waals surface area contributed by atoms with E-state index >= 15 is 0 Å². The maximum Gasteiger partial charge on any atom is 0.136 e. The lowest BCUT2D eigenvalue weighted by atomic mass is 9.94. The average molecular weight is 434 g/mol. The standard InChI is InChI=1S/C24H14BrClO/c25-20-9-5-11-22-24(20)19-13-12-15(14-23(19)27-22)16-6-1-2-7-17(16)18-8-3-4-10-21(18)26/h1-14H. The first kappa shape index (κ1) is 16.6. The summed E-state index contributed by atoms with van der Waals surface area (Å²) in [5.41, 5.74) is 6.14. The van der Waals surface area contributed by atoms with E-state index in [-0.39, 0.29) is 0 Å². The Morgan fingerprint density at radius 1 is 0.667 bits per heavy atom. The topological polar surface area (TPSA) is 13.1 Å². The number of hydrogen-bond donors (Lipinski definition) is 0. The molecule has 0 unspecified atom stereocenters. The van der Waals surface area contributed by atoms with Gasteiger partial charge in [0.15, 0.2) is 0 Å². The van der Waals surface area contributed by atoms with Gasteiger partial charge in [-0.3, -0.25) is 0 Å². The van der Waals surface area contributed by atoms with Gasteiger partial charge in [-0.1, -0.05) is 82.1 Å². The van der Waals surface area contributed by atoms with Crippen LogP contribution in [-0.4, -0.2) is 0 Å². The van der Waals surface area contributed by atoms with Gasteiger partial charge < -0.3 is 4.42 Å². The van der Waals surface area contributed by atoms with Crippen molar-refractivity contribution in [3.63, 3.8) is 0 Å². The van der Waals surface area contributed by atoms with Crippen LogP contribution in [0.15, 0.2) is 93.8 Å². The van der Waals surface area contributed by atoms with E-state index in [1.54, 1.807) is 0 Å². The lowest BCUT2D eigenvalue weighted by Gasteiger charge is -2.11. The van der Waals surface area contributed by atoms with Crippen molar-refractivity contribution in [1.82, 2.24) is 0 Å². The number of fused-ring (bicyclic) bond motifs is 3. The Bertz CT molecular complexity index is 1300. The minimum absolute atomic E-state index is 0.749. The molecular weight excluding hydrogens is 420 g/mol. The molecule has 0 atom stereocenters. The summed E-state index contributed by atoms with van der Waals surface area (Å²) in [5, 5.41) is 2.97. The third kappa shape index (κ3) is 2.77. The maximum atomic E-state index is 6.46. The predicted molar refractivity (Wildman–Crippen MR) is 117 cm³/mol. The van der Waals surface area contributed by atoms with Crippen LogP contribution in [0.1, 0.15) is 0 Å². The largest absolute Gasteiger partial charge is 0.456 e. The highest BCUT2D eigenvalue weighted by Gasteiger charge is 2.13. The van der Waals surface area contributed by atoms with Crippen molar-refractivity contribution in [2.45, 2.75) is 0 Å². The summed E-state index contributed by atoms with van der Waals surface area (Å²) in [6.45, 7) is 0. The van der Waals surface area contributed by atoms with Gasteiger partial charge in [0.05, 0.1) is 0 Å². The summed E-state index contributed by atoms with van der Waals surface area (Å²) >= 11 is 10.1. The molecule has 5 rings (SSSR count). The van der Waals surface area contributed by atoms with E-state index in [1.165, 1.54) is 0 Å². The number of hydrogen-bond acceptors (Lipinski definition) is 1. The second-order valence-corrected chi connectivity index (χ2v) is 7.71. The lowest BCUT2D eigenvalue weighted by molar-refractivity contribution is 0.669. The highest BCUT2D eigenvalue weighted by atomic mass is 79.9. The third-order valence-electron chi connectivity index (χ3n) is 4.85. The van der Waals surface area contributed by atoms with E-state index in [0.29, 0.717) is 0 Å². The van der Waals surface area contributed by atoms with Crippen molar-refractivity contribution in [1.29, 1.82) is 0 Å². The maximum absolute atomic E-state index is 6.46. The molecule has 0 fully saturated rings. The first-order valence-corrected chi connectivity index (χ1v) is 9.84. The summed E-state index contributed by atoms with van der Waals surface area (Å²) in [6.07, 6.45) is 0. The summed E-state index contributed by atoms with van der Waals surface area (Å²) in [5.74, 6) is 0. The predicted octanol–water partition coefficient (Wildman–Crippen LogP) is 8.34. The van der Waals surface area contributed by atoms with Gasteiger partial charge in [0, 0.05) is 25.8 Å². The van der Waals surface area contributed by atoms with Crippen LogP contribution >= 0.6 is 27.5 Å². The Hall–Kier alpha value is -2.55. The molecule has 0 aliphatic rings. The smallest absolute Gasteiger partial charge is 0.136 e. The molecule has 1 aromatic heterocycles. The first-order valence-electron chi connectivity index (χ1n) is 8.67. The summed E-state index contributed by atoms with van der Waals surface area (Å²) in [6, 6.07) is 28.7. The summed E-state index contributed by atoms with van der Waals surface area (Å²) in [4.78, 5) is 0. The van der Waals surface area contributed by atoms with Crippen LogP contribution in [0.5, 0.6) is 0 Å². The van der Waals surface area contributed by atoms with Gasteiger partial charge in [0.1, 0.15) is 11.2 Å². The van der Waals surface area contributed by atoms with Crippen molar-refractivity contribution in [3.05, 3.63) is 94.4 Å². The monoisotopic (exact) mass is 432 g/mol. The highest BCUT2D eigenvalue weighted by molar-refractivity contribution is 9.10. The van der Waals surface area contributed by atoms with Crippen molar-refractivity contribution in [2.24, 2.45) is 0 Å². The molecule has 0 radical (unpaired) electrons. The molecule has 0 aliphatic heterocycles. The van der Waals surface area contributed by atoms with Gasteiger partial charge in [-0.05, 0) is 47.0 Å². The van der Waals surface area contributed by atoms with Gasteiger partial charge in [-0.2, -0.15) is 0 Å². The van der Waals surface area contributed by atoms with Crippen LogP contribution < -0.4 is 0 Å². The van der Waals surface area contributed by atoms with Crippen LogP contribution in [0.3, 0.4) is 0 Å². The van der Waals surface area contributed by atoms with E-state index in [0.717, 1.165) is 53.7 Å². The number of halogens is 2. The van der Waals surface area contributed by atoms with E-state index in [2.05, 4.69) is 58.4 Å². The number of benzene rings is 4. The normalized spacial score (nSPS) is 11.3. The molecule has 0 spiro atoms. The van der Waals surface area contributed by atoms with E-state index < -0.39 is 0 Å². The van der Waals surface area contributed by atoms with Crippen LogP contribution in [0.25, 0.3) is 44.2 Å². The molecule has 4 aromatic carbocycles. The number of furan rings is 1. The van der Waals surface area contributed by atoms with Crippen LogP contribution in [0.4, 0.5) is 0 Å². The average Bonchev–Trinajstić information content (AvgIpc) is 3.07. The van der Waals surface area contributed by atoms with Crippen LogP contribution in [0, 0.1) is 0 Å². The molecule has 3 heteroatoms. The Morgan fingerprint density at radius 2 is 1.41 bits per heavy atom. The van der Waals surface area contributed by atoms with Gasteiger partial charge >= 0.3 is 0 Å². The molecule has 0 aliphatic carbocycles. The second kappa shape index (κ2) is 6.56. The second-order valence-electron chi connectivity index (χ2n) is 6.45. The zero-order valence-electron chi connectivity index (χ0n) is 14.2. The molecule has 0 bridgehead atoms. The Balaban J connectivity index is 1.74. The first-order chi connectivity index (χ1) is 13.2. The molecule has 0 saturated heterocycles. The minimum atomic E-state index is 0.749. The Labute approximate surface area is 170 Å². The Morgan fingerprint density at radius 3 is 2.22 bits per heavy atom. The van der Waals surface area contributed by atoms with Gasteiger partial charge in [-0.25, -0.2) is 0 Å². The van der Waals surface area contributed by atoms with Gasteiger partial charge in [-0.15, -0.1) is 0 Å². The number of rotatable bonds is 2. The van der Waals surface area contributed by atoms with Crippen LogP contribution in [-0.2, 0) is 0 Å². The van der Waals surface area contributed by atoms with Crippen molar-refractivity contribution in [2.75, 3.05) is 0 Å². The van der Waals surface area contributed by atoms with E-state index in [9.17, 15) is 0 Å². The zero-order valence-corrected chi connectivity index (χ0v) is 16.6. The van der Waals surface area contributed by atoms with Gasteiger partial charge in [0.25, 0.3) is 0 Å². The Kier molecular flexibility index (Phi) is 4.04. The van der Waals surface area contributed by atoms with E-state index in [4.69, 9.17) is 16.0 Å². The molecule has 1 heterocycles. The quantitative estimate of drug-likeness (QED) is 0.273. The zero-order chi connectivity index (χ0) is 18.4. The molecule has 130 valence electrons. The van der Waals surface area contributed by atoms with Crippen molar-refractivity contribution < 1.29 is 4.42 Å². The van der Waals surface area contributed by atoms with E-state index in [1.807, 2.05) is 42.5 Å². The third-order valence-corrected chi connectivity index (χ3v) is 5.84. The minimum Gasteiger partial charge on any atom is -0.456 e. The van der Waals surface area contributed by atoms with Crippen molar-refractivity contribution in [3.8, 4) is 22.3 Å². The van der Waals surface area contributed by atoms with Crippen LogP contribution in [0.2, 0.25) is 5.02 Å². The molecule has 1 nitrogen and oxygen atoms in total. The molecule has 27 heavy (non-hydrogen) atoms. The molecule has 5 aromatic rings. The summed E-state index contributed by atoms with van der Waals surface area (Å²) < 4.78 is 7.15. The molecule has 0 amide bonds. The highest BCUT2D eigenvalue weighted by Crippen LogP contribution is 2.39. The fourth-order valence-electron chi connectivity index (χ4n) is 3.60. The lowest BCUT2D eigenvalue weighted by Crippen LogP contribution is -1.86. The fourth-order valence-corrected chi connectivity index (χ4v) is 4.40. The SMILES string of the molecule is Clc1ccccc1-c1ccccc1-c1ccc2c(c1)oc1cccc(Br)c12. The molecular formula is C24H14BrClO. The molecule has 0 saturated carbocycles.